The summed E-state index contributed by atoms with van der Waals surface area (Å²) in [6.07, 6.45) is 0. The van der Waals surface area contributed by atoms with Crippen molar-refractivity contribution in [3.63, 3.8) is 0 Å². The molecule has 1 heterocycles. The van der Waals surface area contributed by atoms with Gasteiger partial charge in [0.2, 0.25) is 0 Å². The number of fused-ring (bicyclic) bond motifs is 14. The van der Waals surface area contributed by atoms with Gasteiger partial charge in [-0.3, -0.25) is 0 Å². The van der Waals surface area contributed by atoms with Gasteiger partial charge in [0.05, 0.1) is 0 Å². The zero-order chi connectivity index (χ0) is 38.6. The average molecular weight is 747 g/mol. The van der Waals surface area contributed by atoms with Crippen LogP contribution in [0.3, 0.4) is 0 Å². The standard InChI is InChI=1S/C58H34O/c1-2-14-36-32-40(29-25-35(36)13-1)54-47-20-8-10-22-49(47)55(50-23-11-9-21-48(50)54)41-30-27-37-31-39(28-26-38(37)33-41)52-34-53-56(45-18-6-4-17-44(45)52)57-46-19-7-3-15-42(46)43-16-5-12-24-51(43)58(57)59-53/h1-34H. The molecule has 0 atom stereocenters. The van der Waals surface area contributed by atoms with Crippen LogP contribution in [0.2, 0.25) is 0 Å². The molecule has 0 fully saturated rings. The molecule has 0 radical (unpaired) electrons. The van der Waals surface area contributed by atoms with E-state index in [0.29, 0.717) is 0 Å². The summed E-state index contributed by atoms with van der Waals surface area (Å²) in [5.74, 6) is 0. The van der Waals surface area contributed by atoms with Crippen LogP contribution in [0.1, 0.15) is 0 Å². The third kappa shape index (κ3) is 4.73. The summed E-state index contributed by atoms with van der Waals surface area (Å²) < 4.78 is 6.92. The van der Waals surface area contributed by atoms with E-state index in [1.807, 2.05) is 0 Å². The Bertz CT molecular complexity index is 3850. The molecule has 13 aromatic rings. The van der Waals surface area contributed by atoms with E-state index in [-0.39, 0.29) is 0 Å². The Kier molecular flexibility index (Phi) is 6.79. The molecule has 0 saturated heterocycles. The molecule has 1 heteroatoms. The summed E-state index contributed by atoms with van der Waals surface area (Å²) in [6.45, 7) is 0. The minimum atomic E-state index is 0.913. The molecular weight excluding hydrogens is 713 g/mol. The van der Waals surface area contributed by atoms with E-state index in [1.165, 1.54) is 114 Å². The fourth-order valence-electron chi connectivity index (χ4n) is 10.2. The van der Waals surface area contributed by atoms with Gasteiger partial charge in [-0.1, -0.05) is 182 Å². The van der Waals surface area contributed by atoms with E-state index in [0.717, 1.165) is 16.6 Å². The summed E-state index contributed by atoms with van der Waals surface area (Å²) in [4.78, 5) is 0. The van der Waals surface area contributed by atoms with E-state index >= 15 is 0 Å². The highest BCUT2D eigenvalue weighted by Crippen LogP contribution is 2.47. The average Bonchev–Trinajstić information content (AvgIpc) is 3.70. The van der Waals surface area contributed by atoms with Crippen molar-refractivity contribution >= 4 is 97.3 Å². The molecule has 0 unspecified atom stereocenters. The Balaban J connectivity index is 0.996. The molecule has 0 N–H and O–H groups in total. The van der Waals surface area contributed by atoms with Crippen LogP contribution in [-0.4, -0.2) is 0 Å². The predicted molar refractivity (Wildman–Crippen MR) is 253 cm³/mol. The van der Waals surface area contributed by atoms with Crippen molar-refractivity contribution < 1.29 is 4.42 Å². The highest BCUT2D eigenvalue weighted by Gasteiger charge is 2.21. The van der Waals surface area contributed by atoms with Crippen molar-refractivity contribution in [2.45, 2.75) is 0 Å². The lowest BCUT2D eigenvalue weighted by molar-refractivity contribution is 0.673. The van der Waals surface area contributed by atoms with Crippen LogP contribution >= 0.6 is 0 Å². The van der Waals surface area contributed by atoms with Gasteiger partial charge in [-0.2, -0.15) is 0 Å². The van der Waals surface area contributed by atoms with Crippen LogP contribution < -0.4 is 0 Å². The first-order valence-corrected chi connectivity index (χ1v) is 20.4. The zero-order valence-corrected chi connectivity index (χ0v) is 32.0. The van der Waals surface area contributed by atoms with Gasteiger partial charge in [-0.15, -0.1) is 0 Å². The highest BCUT2D eigenvalue weighted by molar-refractivity contribution is 6.35. The van der Waals surface area contributed by atoms with E-state index < -0.39 is 0 Å². The van der Waals surface area contributed by atoms with Gasteiger partial charge < -0.3 is 4.42 Å². The first-order valence-electron chi connectivity index (χ1n) is 20.4. The lowest BCUT2D eigenvalue weighted by Crippen LogP contribution is -1.91. The maximum atomic E-state index is 6.92. The summed E-state index contributed by atoms with van der Waals surface area (Å²) in [5, 5.41) is 19.6. The van der Waals surface area contributed by atoms with Crippen LogP contribution in [-0.2, 0) is 0 Å². The normalized spacial score (nSPS) is 12.1. The van der Waals surface area contributed by atoms with Gasteiger partial charge in [0.15, 0.2) is 0 Å². The summed E-state index contributed by atoms with van der Waals surface area (Å²) >= 11 is 0. The van der Waals surface area contributed by atoms with Gasteiger partial charge in [0, 0.05) is 16.2 Å². The zero-order valence-electron chi connectivity index (χ0n) is 32.0. The first-order chi connectivity index (χ1) is 29.3. The molecule has 1 nitrogen and oxygen atoms in total. The minimum Gasteiger partial charge on any atom is -0.455 e. The monoisotopic (exact) mass is 746 g/mol. The number of hydrogen-bond donors (Lipinski definition) is 0. The van der Waals surface area contributed by atoms with Crippen molar-refractivity contribution in [3.05, 3.63) is 206 Å². The van der Waals surface area contributed by atoms with E-state index in [1.54, 1.807) is 0 Å². The molecule has 12 aromatic carbocycles. The second-order valence-corrected chi connectivity index (χ2v) is 15.9. The van der Waals surface area contributed by atoms with E-state index in [2.05, 4.69) is 206 Å². The molecule has 0 spiro atoms. The van der Waals surface area contributed by atoms with Crippen LogP contribution in [0, 0.1) is 0 Å². The second kappa shape index (κ2) is 12.4. The van der Waals surface area contributed by atoms with Crippen LogP contribution in [0.25, 0.3) is 131 Å². The smallest absolute Gasteiger partial charge is 0.143 e. The molecule has 13 rings (SSSR count). The number of benzene rings is 12. The molecule has 0 bridgehead atoms. The van der Waals surface area contributed by atoms with Gasteiger partial charge in [-0.05, 0) is 128 Å². The van der Waals surface area contributed by atoms with Crippen molar-refractivity contribution in [2.75, 3.05) is 0 Å². The maximum absolute atomic E-state index is 6.92. The minimum absolute atomic E-state index is 0.913. The fraction of sp³-hybridized carbons (Fsp3) is 0. The van der Waals surface area contributed by atoms with E-state index in [4.69, 9.17) is 4.42 Å². The Hall–Kier alpha value is -7.74. The predicted octanol–water partition coefficient (Wildman–Crippen LogP) is 16.7. The molecule has 0 aliphatic heterocycles. The Morgan fingerprint density at radius 2 is 0.644 bits per heavy atom. The lowest BCUT2D eigenvalue weighted by atomic mass is 9.85. The van der Waals surface area contributed by atoms with Gasteiger partial charge in [-0.25, -0.2) is 0 Å². The Morgan fingerprint density at radius 3 is 1.24 bits per heavy atom. The van der Waals surface area contributed by atoms with Gasteiger partial charge in [0.1, 0.15) is 11.2 Å². The van der Waals surface area contributed by atoms with Crippen LogP contribution in [0.5, 0.6) is 0 Å². The molecule has 0 saturated carbocycles. The fourth-order valence-corrected chi connectivity index (χ4v) is 10.2. The van der Waals surface area contributed by atoms with Crippen molar-refractivity contribution in [1.82, 2.24) is 0 Å². The Labute approximate surface area is 340 Å². The topological polar surface area (TPSA) is 13.1 Å². The molecule has 1 aromatic heterocycles. The summed E-state index contributed by atoms with van der Waals surface area (Å²) in [5.41, 5.74) is 9.23. The van der Waals surface area contributed by atoms with Crippen molar-refractivity contribution in [3.8, 4) is 33.4 Å². The van der Waals surface area contributed by atoms with Crippen molar-refractivity contribution in [2.24, 2.45) is 0 Å². The third-order valence-corrected chi connectivity index (χ3v) is 12.8. The van der Waals surface area contributed by atoms with Gasteiger partial charge >= 0.3 is 0 Å². The quantitative estimate of drug-likeness (QED) is 0.130. The summed E-state index contributed by atoms with van der Waals surface area (Å²) in [7, 11) is 0. The van der Waals surface area contributed by atoms with Crippen LogP contribution in [0.4, 0.5) is 0 Å². The summed E-state index contributed by atoms with van der Waals surface area (Å²) in [6, 6.07) is 75.7. The largest absolute Gasteiger partial charge is 0.455 e. The van der Waals surface area contributed by atoms with E-state index in [9.17, 15) is 0 Å². The van der Waals surface area contributed by atoms with Crippen LogP contribution in [0.15, 0.2) is 211 Å². The third-order valence-electron chi connectivity index (χ3n) is 12.8. The molecule has 0 aliphatic carbocycles. The lowest BCUT2D eigenvalue weighted by Gasteiger charge is -2.18. The van der Waals surface area contributed by atoms with Gasteiger partial charge in [0.25, 0.3) is 0 Å². The molecule has 59 heavy (non-hydrogen) atoms. The molecule has 0 amide bonds. The highest BCUT2D eigenvalue weighted by atomic mass is 16.3. The second-order valence-electron chi connectivity index (χ2n) is 15.9. The number of furan rings is 1. The molecule has 0 aliphatic rings. The number of hydrogen-bond acceptors (Lipinski definition) is 1. The van der Waals surface area contributed by atoms with Crippen molar-refractivity contribution in [1.29, 1.82) is 0 Å². The molecular formula is C58H34O. The first kappa shape index (κ1) is 32.4. The Morgan fingerprint density at radius 1 is 0.254 bits per heavy atom. The maximum Gasteiger partial charge on any atom is 0.143 e. The number of rotatable bonds is 3. The SMILES string of the molecule is c1ccc2cc(-c3c4ccccc4c(-c4ccc5cc(-c6cc7oc8c9ccccc9c9ccccc9c8c7c7ccccc67)ccc5c4)c4ccccc34)ccc2c1. The molecule has 272 valence electrons.